The minimum absolute atomic E-state index is 0.122. The lowest BCUT2D eigenvalue weighted by Gasteiger charge is -2.32. The maximum absolute atomic E-state index is 12.0. The topological polar surface area (TPSA) is 134 Å². The fraction of sp³-hybridized carbons (Fsp3) is 0.455. The minimum atomic E-state index is -3.45. The Bertz CT molecular complexity index is 1230. The zero-order chi connectivity index (χ0) is 27.7. The molecule has 0 bridgehead atoms. The molecule has 1 aliphatic heterocycles. The summed E-state index contributed by atoms with van der Waals surface area (Å²) in [6, 6.07) is 12.0. The second-order valence-electron chi connectivity index (χ2n) is 9.67. The maximum Gasteiger partial charge on any atom is 0.494 e. The van der Waals surface area contributed by atoms with Gasteiger partial charge >= 0.3 is 14.2 Å². The molecule has 1 heterocycles. The number of hydrogen-bond acceptors (Lipinski definition) is 8. The molecule has 1 saturated heterocycles. The first-order chi connectivity index (χ1) is 16.3. The summed E-state index contributed by atoms with van der Waals surface area (Å²) in [5, 5.41) is 17.6. The highest BCUT2D eigenvalue weighted by Crippen LogP contribution is 2.36. The van der Waals surface area contributed by atoms with Crippen LogP contribution < -0.4 is 10.9 Å². The first kappa shape index (κ1) is 30.5. The van der Waals surface area contributed by atoms with Crippen molar-refractivity contribution < 1.29 is 36.2 Å². The number of rotatable bonds is 6. The molecule has 0 amide bonds. The predicted octanol–water partition coefficient (Wildman–Crippen LogP) is -0.147. The summed E-state index contributed by atoms with van der Waals surface area (Å²) >= 11 is 0. The Morgan fingerprint density at radius 2 is 1.03 bits per heavy atom. The van der Waals surface area contributed by atoms with Crippen molar-refractivity contribution >= 4 is 45.2 Å². The highest BCUT2D eigenvalue weighted by molar-refractivity contribution is 7.89. The van der Waals surface area contributed by atoms with Gasteiger partial charge in [0.1, 0.15) is 0 Å². The van der Waals surface area contributed by atoms with E-state index in [1.54, 1.807) is 24.3 Å². The summed E-state index contributed by atoms with van der Waals surface area (Å²) in [5.74, 6) is 0. The highest BCUT2D eigenvalue weighted by Gasteiger charge is 2.51. The normalized spacial score (nSPS) is 17.2. The summed E-state index contributed by atoms with van der Waals surface area (Å²) in [7, 11) is -3.03. The molecule has 14 heteroatoms. The zero-order valence-electron chi connectivity index (χ0n) is 21.8. The first-order valence-electron chi connectivity index (χ1n) is 11.1. The van der Waals surface area contributed by atoms with Gasteiger partial charge in [-0.2, -0.15) is 0 Å². The van der Waals surface area contributed by atoms with E-state index in [9.17, 15) is 16.8 Å². The maximum atomic E-state index is 12.0. The molecular weight excluding hydrogens is 506 g/mol. The van der Waals surface area contributed by atoms with Crippen molar-refractivity contribution in [2.75, 3.05) is 28.2 Å². The van der Waals surface area contributed by atoms with E-state index in [1.807, 2.05) is 27.7 Å². The minimum Gasteiger partial charge on any atom is -0.423 e. The highest BCUT2D eigenvalue weighted by atomic mass is 32.2. The number of sulfonamides is 2. The van der Waals surface area contributed by atoms with Gasteiger partial charge in [0.05, 0.1) is 21.0 Å². The van der Waals surface area contributed by atoms with E-state index in [0.29, 0.717) is 0 Å². The fourth-order valence-corrected chi connectivity index (χ4v) is 4.81. The van der Waals surface area contributed by atoms with Crippen LogP contribution in [0.2, 0.25) is 0 Å². The standard InChI is InChI=1S/C14H22BNO4S.C8H12BNO4S/c1-13(2)14(3,4)20-15(19-13)11-7-9-12(10-8-11)21(17,18)16(5)6;1-10(2)15(13,14)8-5-3-7(4-6-8)9(11)12/h7-10H,1-6H3;3-6,11-12H,1-2H3. The molecule has 0 atom stereocenters. The Labute approximate surface area is 215 Å². The van der Waals surface area contributed by atoms with Crippen molar-refractivity contribution in [3.63, 3.8) is 0 Å². The Morgan fingerprint density at radius 1 is 0.694 bits per heavy atom. The van der Waals surface area contributed by atoms with Gasteiger partial charge < -0.3 is 19.4 Å². The summed E-state index contributed by atoms with van der Waals surface area (Å²) in [5.41, 5.74) is 0.247. The van der Waals surface area contributed by atoms with Gasteiger partial charge in [-0.05, 0) is 62.9 Å². The quantitative estimate of drug-likeness (QED) is 0.484. The zero-order valence-corrected chi connectivity index (χ0v) is 23.5. The van der Waals surface area contributed by atoms with Crippen LogP contribution >= 0.6 is 0 Å². The van der Waals surface area contributed by atoms with Crippen LogP contribution in [0.1, 0.15) is 27.7 Å². The first-order valence-corrected chi connectivity index (χ1v) is 14.0. The van der Waals surface area contributed by atoms with Crippen molar-refractivity contribution in [3.05, 3.63) is 48.5 Å². The molecule has 1 fully saturated rings. The molecule has 2 N–H and O–H groups in total. The van der Waals surface area contributed by atoms with Crippen molar-refractivity contribution in [2.24, 2.45) is 0 Å². The third kappa shape index (κ3) is 6.56. The van der Waals surface area contributed by atoms with Crippen LogP contribution in [-0.2, 0) is 29.4 Å². The van der Waals surface area contributed by atoms with E-state index < -0.39 is 45.5 Å². The average molecular weight is 540 g/mol. The van der Waals surface area contributed by atoms with E-state index >= 15 is 0 Å². The molecule has 0 aromatic heterocycles. The number of nitrogens with zero attached hydrogens (tertiary/aromatic N) is 2. The molecule has 198 valence electrons. The SMILES string of the molecule is CN(C)S(=O)(=O)c1ccc(B(O)O)cc1.CN(C)S(=O)(=O)c1ccc(B2OC(C)(C)C(C)(C)O2)cc1. The van der Waals surface area contributed by atoms with Crippen molar-refractivity contribution in [1.82, 2.24) is 8.61 Å². The lowest BCUT2D eigenvalue weighted by Crippen LogP contribution is -2.41. The third-order valence-corrected chi connectivity index (χ3v) is 9.80. The third-order valence-electron chi connectivity index (χ3n) is 6.14. The largest absolute Gasteiger partial charge is 0.494 e. The molecule has 36 heavy (non-hydrogen) atoms. The van der Waals surface area contributed by atoms with E-state index in [-0.39, 0.29) is 15.3 Å². The molecule has 2 aromatic rings. The van der Waals surface area contributed by atoms with Crippen LogP contribution in [0.5, 0.6) is 0 Å². The van der Waals surface area contributed by atoms with Crippen molar-refractivity contribution in [3.8, 4) is 0 Å². The summed E-state index contributed by atoms with van der Waals surface area (Å²) in [6.07, 6.45) is 0. The summed E-state index contributed by atoms with van der Waals surface area (Å²) in [6.45, 7) is 7.94. The van der Waals surface area contributed by atoms with Crippen LogP contribution in [0.4, 0.5) is 0 Å². The predicted molar refractivity (Wildman–Crippen MR) is 140 cm³/mol. The molecular formula is C22H34B2N2O8S2. The van der Waals surface area contributed by atoms with E-state index in [4.69, 9.17) is 19.4 Å². The second kappa shape index (κ2) is 10.9. The van der Waals surface area contributed by atoms with E-state index in [0.717, 1.165) is 9.77 Å². The van der Waals surface area contributed by atoms with Gasteiger partial charge in [-0.1, -0.05) is 24.3 Å². The van der Waals surface area contributed by atoms with Crippen LogP contribution in [0.15, 0.2) is 58.3 Å². The van der Waals surface area contributed by atoms with Crippen molar-refractivity contribution in [1.29, 1.82) is 0 Å². The van der Waals surface area contributed by atoms with Gasteiger partial charge in [0.15, 0.2) is 0 Å². The molecule has 2 aromatic carbocycles. The van der Waals surface area contributed by atoms with Crippen LogP contribution in [0.25, 0.3) is 0 Å². The van der Waals surface area contributed by atoms with E-state index in [1.165, 1.54) is 56.8 Å². The molecule has 0 aliphatic carbocycles. The molecule has 0 unspecified atom stereocenters. The van der Waals surface area contributed by atoms with Crippen LogP contribution in [0.3, 0.4) is 0 Å². The van der Waals surface area contributed by atoms with Gasteiger partial charge in [0.2, 0.25) is 20.0 Å². The van der Waals surface area contributed by atoms with Gasteiger partial charge in [0, 0.05) is 28.2 Å². The van der Waals surface area contributed by atoms with Gasteiger partial charge in [-0.15, -0.1) is 0 Å². The molecule has 0 saturated carbocycles. The Kier molecular flexibility index (Phi) is 9.24. The average Bonchev–Trinajstić information content (AvgIpc) is 3.01. The number of hydrogen-bond donors (Lipinski definition) is 2. The monoisotopic (exact) mass is 540 g/mol. The lowest BCUT2D eigenvalue weighted by atomic mass is 9.79. The van der Waals surface area contributed by atoms with Gasteiger partial charge in [-0.3, -0.25) is 0 Å². The Balaban J connectivity index is 0.000000269. The lowest BCUT2D eigenvalue weighted by molar-refractivity contribution is 0.00578. The van der Waals surface area contributed by atoms with Crippen LogP contribution in [-0.4, -0.2) is 89.1 Å². The molecule has 1 aliphatic rings. The van der Waals surface area contributed by atoms with E-state index in [2.05, 4.69) is 0 Å². The van der Waals surface area contributed by atoms with Gasteiger partial charge in [0.25, 0.3) is 0 Å². The Hall–Kier alpha value is -1.77. The smallest absolute Gasteiger partial charge is 0.423 e. The molecule has 3 rings (SSSR count). The molecule has 10 nitrogen and oxygen atoms in total. The summed E-state index contributed by atoms with van der Waals surface area (Å²) < 4.78 is 61.5. The molecule has 0 radical (unpaired) electrons. The summed E-state index contributed by atoms with van der Waals surface area (Å²) in [4.78, 5) is 0.379. The second-order valence-corrected chi connectivity index (χ2v) is 14.0. The van der Waals surface area contributed by atoms with Crippen LogP contribution in [0, 0.1) is 0 Å². The van der Waals surface area contributed by atoms with Gasteiger partial charge in [-0.25, -0.2) is 25.4 Å². The number of benzene rings is 2. The van der Waals surface area contributed by atoms with Crippen molar-refractivity contribution in [2.45, 2.75) is 48.7 Å². The molecule has 0 spiro atoms. The Morgan fingerprint density at radius 3 is 1.33 bits per heavy atom. The fourth-order valence-electron chi connectivity index (χ4n) is 3.01.